The minimum Gasteiger partial charge on any atom is -0.497 e. The number of benzene rings is 3. The van der Waals surface area contributed by atoms with Gasteiger partial charge in [-0.25, -0.2) is 12.8 Å². The smallest absolute Gasteiger partial charge is 0.430 e. The number of rotatable bonds is 9. The molecule has 4 rings (SSSR count). The summed E-state index contributed by atoms with van der Waals surface area (Å²) in [6, 6.07) is 11.1. The molecule has 0 radical (unpaired) electrons. The lowest BCUT2D eigenvalue weighted by Crippen LogP contribution is -2.55. The molecule has 0 atom stereocenters. The van der Waals surface area contributed by atoms with Gasteiger partial charge in [0.05, 0.1) is 25.7 Å². The van der Waals surface area contributed by atoms with Gasteiger partial charge in [0, 0.05) is 11.1 Å². The van der Waals surface area contributed by atoms with Crippen LogP contribution in [-0.2, 0) is 31.5 Å². The molecule has 0 saturated heterocycles. The van der Waals surface area contributed by atoms with Crippen molar-refractivity contribution in [1.29, 1.82) is 0 Å². The quantitative estimate of drug-likeness (QED) is 0.182. The van der Waals surface area contributed by atoms with Crippen molar-refractivity contribution in [2.24, 2.45) is 0 Å². The summed E-state index contributed by atoms with van der Waals surface area (Å²) in [4.78, 5) is -0.203. The van der Waals surface area contributed by atoms with Crippen LogP contribution >= 0.6 is 0 Å². The van der Waals surface area contributed by atoms with Gasteiger partial charge in [0.1, 0.15) is 22.1 Å². The highest BCUT2D eigenvalue weighted by Gasteiger charge is 2.73. The third-order valence-corrected chi connectivity index (χ3v) is 10.2. The summed E-state index contributed by atoms with van der Waals surface area (Å²) in [5.74, 6) is -0.521. The van der Waals surface area contributed by atoms with Crippen molar-refractivity contribution in [2.75, 3.05) is 14.2 Å². The second kappa shape index (κ2) is 11.4. The molecule has 0 aliphatic heterocycles. The van der Waals surface area contributed by atoms with Crippen molar-refractivity contribution in [3.63, 3.8) is 0 Å². The van der Waals surface area contributed by atoms with E-state index >= 15 is 0 Å². The monoisotopic (exact) mass is 620 g/mol. The van der Waals surface area contributed by atoms with E-state index in [-0.39, 0.29) is 40.4 Å². The van der Waals surface area contributed by atoms with E-state index in [1.165, 1.54) is 32.4 Å². The van der Waals surface area contributed by atoms with Crippen LogP contribution in [-0.4, -0.2) is 35.0 Å². The molecule has 1 aliphatic carbocycles. The molecule has 0 unspecified atom stereocenters. The van der Waals surface area contributed by atoms with Crippen LogP contribution < -0.4 is 9.47 Å². The molecule has 0 heterocycles. The van der Waals surface area contributed by atoms with E-state index in [0.717, 1.165) is 36.4 Å². The van der Waals surface area contributed by atoms with Crippen LogP contribution in [0.5, 0.6) is 11.5 Å². The predicted molar refractivity (Wildman–Crippen MR) is 138 cm³/mol. The predicted octanol–water partition coefficient (Wildman–Crippen LogP) is 7.62. The van der Waals surface area contributed by atoms with E-state index < -0.39 is 50.5 Å². The Morgan fingerprint density at radius 3 is 1.86 bits per heavy atom. The van der Waals surface area contributed by atoms with Gasteiger partial charge in [0.2, 0.25) is 0 Å². The average molecular weight is 621 g/mol. The van der Waals surface area contributed by atoms with Gasteiger partial charge >= 0.3 is 12.4 Å². The van der Waals surface area contributed by atoms with E-state index in [0.29, 0.717) is 25.0 Å². The summed E-state index contributed by atoms with van der Waals surface area (Å²) in [5, 5.41) is 0. The molecule has 0 aromatic heterocycles. The Hall–Kier alpha value is -3.32. The maximum Gasteiger partial charge on any atom is 0.430 e. The maximum absolute atomic E-state index is 14.5. The number of methoxy groups -OCH3 is 2. The van der Waals surface area contributed by atoms with Crippen molar-refractivity contribution in [2.45, 2.75) is 59.9 Å². The Balaban J connectivity index is 1.80. The highest BCUT2D eigenvalue weighted by atomic mass is 32.2. The first-order valence-electron chi connectivity index (χ1n) is 12.7. The number of ether oxygens (including phenoxy) is 3. The highest BCUT2D eigenvalue weighted by molar-refractivity contribution is 7.92. The summed E-state index contributed by atoms with van der Waals surface area (Å²) >= 11 is 0. The average Bonchev–Trinajstić information content (AvgIpc) is 3.44. The first-order chi connectivity index (χ1) is 19.6. The van der Waals surface area contributed by atoms with Gasteiger partial charge in [-0.2, -0.15) is 26.3 Å². The Kier molecular flexibility index (Phi) is 8.58. The Morgan fingerprint density at radius 1 is 0.786 bits per heavy atom. The Labute approximate surface area is 238 Å². The van der Waals surface area contributed by atoms with Crippen LogP contribution in [0.3, 0.4) is 0 Å². The lowest BCUT2D eigenvalue weighted by Gasteiger charge is -2.38. The van der Waals surface area contributed by atoms with E-state index in [1.807, 2.05) is 0 Å². The fraction of sp³-hybridized carbons (Fsp3) is 0.379. The third kappa shape index (κ3) is 5.32. The van der Waals surface area contributed by atoms with E-state index in [2.05, 4.69) is 0 Å². The normalized spacial score (nSPS) is 15.9. The summed E-state index contributed by atoms with van der Waals surface area (Å²) in [6.45, 7) is -1.15. The van der Waals surface area contributed by atoms with Crippen molar-refractivity contribution in [3.8, 4) is 11.5 Å². The number of halogens is 7. The molecule has 0 bridgehead atoms. The van der Waals surface area contributed by atoms with Gasteiger partial charge < -0.3 is 14.2 Å². The first kappa shape index (κ1) is 31.6. The van der Waals surface area contributed by atoms with Gasteiger partial charge in [-0.1, -0.05) is 37.1 Å². The molecule has 1 fully saturated rings. The second-order valence-electron chi connectivity index (χ2n) is 9.88. The minimum atomic E-state index is -5.97. The van der Waals surface area contributed by atoms with Gasteiger partial charge in [-0.05, 0) is 60.9 Å². The Bertz CT molecular complexity index is 1480. The molecular weight excluding hydrogens is 593 g/mol. The standard InChI is InChI=1S/C29H27F7O5S/c1-39-23-11-14-25(40-2)19(17-23)18-41-27(28(31,32)33,29(34,35)36)21-7-5-20(6-8-21)26(15-3-4-16-26)42(37,38)24-12-9-22(30)10-13-24/h5-14,17H,3-4,15-16,18H2,1-2H3. The number of sulfone groups is 1. The molecule has 42 heavy (non-hydrogen) atoms. The molecule has 3 aromatic rings. The van der Waals surface area contributed by atoms with Crippen LogP contribution in [0, 0.1) is 5.82 Å². The van der Waals surface area contributed by atoms with Crippen molar-refractivity contribution in [3.05, 3.63) is 89.2 Å². The van der Waals surface area contributed by atoms with Gasteiger partial charge in [-0.15, -0.1) is 0 Å². The lowest BCUT2D eigenvalue weighted by atomic mass is 9.88. The molecule has 5 nitrogen and oxygen atoms in total. The SMILES string of the molecule is COc1ccc(OC)c(COC(c2ccc(C3(S(=O)(=O)c4ccc(F)cc4)CCCC3)cc2)(C(F)(F)F)C(F)(F)F)c1. The van der Waals surface area contributed by atoms with E-state index in [9.17, 15) is 39.2 Å². The molecule has 13 heteroatoms. The fourth-order valence-electron chi connectivity index (χ4n) is 5.42. The van der Waals surface area contributed by atoms with Gasteiger partial charge in [0.25, 0.3) is 5.60 Å². The topological polar surface area (TPSA) is 61.8 Å². The molecule has 0 spiro atoms. The fourth-order valence-corrected chi connectivity index (χ4v) is 7.64. The van der Waals surface area contributed by atoms with Crippen LogP contribution in [0.1, 0.15) is 42.4 Å². The summed E-state index contributed by atoms with van der Waals surface area (Å²) < 4.78 is 141. The van der Waals surface area contributed by atoms with Gasteiger partial charge in [-0.3, -0.25) is 0 Å². The van der Waals surface area contributed by atoms with Crippen LogP contribution in [0.15, 0.2) is 71.6 Å². The Morgan fingerprint density at radius 2 is 1.36 bits per heavy atom. The molecule has 1 aliphatic rings. The largest absolute Gasteiger partial charge is 0.497 e. The maximum atomic E-state index is 14.5. The van der Waals surface area contributed by atoms with E-state index in [4.69, 9.17) is 14.2 Å². The number of hydrogen-bond acceptors (Lipinski definition) is 5. The number of alkyl halides is 6. The summed E-state index contributed by atoms with van der Waals surface area (Å²) in [7, 11) is -1.73. The number of hydrogen-bond donors (Lipinski definition) is 0. The second-order valence-corrected chi connectivity index (χ2v) is 12.1. The highest BCUT2D eigenvalue weighted by Crippen LogP contribution is 2.55. The molecule has 3 aromatic carbocycles. The third-order valence-electron chi connectivity index (χ3n) is 7.60. The van der Waals surface area contributed by atoms with E-state index in [1.54, 1.807) is 0 Å². The first-order valence-corrected chi connectivity index (χ1v) is 14.2. The zero-order chi connectivity index (χ0) is 31.0. The van der Waals surface area contributed by atoms with Crippen molar-refractivity contribution >= 4 is 9.84 Å². The molecule has 0 amide bonds. The molecule has 228 valence electrons. The summed E-state index contributed by atoms with van der Waals surface area (Å²) in [5.41, 5.74) is -6.13. The van der Waals surface area contributed by atoms with Crippen molar-refractivity contribution in [1.82, 2.24) is 0 Å². The lowest BCUT2D eigenvalue weighted by molar-refractivity contribution is -0.392. The minimum absolute atomic E-state index is 0.0152. The van der Waals surface area contributed by atoms with Gasteiger partial charge in [0.15, 0.2) is 9.84 Å². The van der Waals surface area contributed by atoms with Crippen LogP contribution in [0.2, 0.25) is 0 Å². The molecular formula is C29H27F7O5S. The summed E-state index contributed by atoms with van der Waals surface area (Å²) in [6.07, 6.45) is -10.8. The molecule has 0 N–H and O–H groups in total. The van der Waals surface area contributed by atoms with Crippen LogP contribution in [0.25, 0.3) is 0 Å². The van der Waals surface area contributed by atoms with Crippen molar-refractivity contribution < 1.29 is 53.4 Å². The van der Waals surface area contributed by atoms with Crippen LogP contribution in [0.4, 0.5) is 30.7 Å². The zero-order valence-electron chi connectivity index (χ0n) is 22.5. The zero-order valence-corrected chi connectivity index (χ0v) is 23.3. The molecule has 1 saturated carbocycles.